The number of carbonyl (C=O) groups is 1. The number of Topliss-reactive ketones (excluding diaryl/α,β-unsaturated/α-hetero) is 1. The molecule has 0 fully saturated rings. The van der Waals surface area contributed by atoms with Crippen LogP contribution in [0.25, 0.3) is 10.2 Å². The van der Waals surface area contributed by atoms with Gasteiger partial charge in [-0.3, -0.25) is 14.5 Å². The first-order valence-electron chi connectivity index (χ1n) is 6.57. The third-order valence-electron chi connectivity index (χ3n) is 3.25. The molecule has 0 N–H and O–H groups in total. The normalized spacial score (nSPS) is 11.1. The lowest BCUT2D eigenvalue weighted by Gasteiger charge is -2.04. The fourth-order valence-electron chi connectivity index (χ4n) is 2.28. The van der Waals surface area contributed by atoms with Crippen LogP contribution in [0.1, 0.15) is 28.7 Å². The second-order valence-electron chi connectivity index (χ2n) is 4.72. The molecule has 0 atom stereocenters. The predicted octanol–water partition coefficient (Wildman–Crippen LogP) is 3.25. The molecule has 0 amide bonds. The molecule has 3 rings (SSSR count). The number of aryl methyl sites for hydroxylation is 2. The van der Waals surface area contributed by atoms with Crippen LogP contribution in [-0.4, -0.2) is 20.5 Å². The summed E-state index contributed by atoms with van der Waals surface area (Å²) in [6.45, 7) is 4.75. The summed E-state index contributed by atoms with van der Waals surface area (Å²) in [7, 11) is 0. The van der Waals surface area contributed by atoms with Crippen LogP contribution in [-0.2, 0) is 13.0 Å². The van der Waals surface area contributed by atoms with Gasteiger partial charge in [-0.1, -0.05) is 0 Å². The Labute approximate surface area is 121 Å². The first kappa shape index (κ1) is 13.0. The summed E-state index contributed by atoms with van der Waals surface area (Å²) in [5.41, 5.74) is 3.52. The SMILES string of the molecule is CCn1nc(C)cc1CC(=O)c1cnc2ccsc2c1. The van der Waals surface area contributed by atoms with Crippen LogP contribution in [0, 0.1) is 6.92 Å². The molecule has 3 heterocycles. The maximum absolute atomic E-state index is 12.4. The van der Waals surface area contributed by atoms with Crippen molar-refractivity contribution in [1.29, 1.82) is 0 Å². The Morgan fingerprint density at radius 2 is 2.25 bits per heavy atom. The van der Waals surface area contributed by atoms with Crippen molar-refractivity contribution in [3.8, 4) is 0 Å². The summed E-state index contributed by atoms with van der Waals surface area (Å²) in [5.74, 6) is 0.0856. The quantitative estimate of drug-likeness (QED) is 0.691. The van der Waals surface area contributed by atoms with E-state index in [0.29, 0.717) is 12.0 Å². The number of ketones is 1. The van der Waals surface area contributed by atoms with Crippen LogP contribution in [0.2, 0.25) is 0 Å². The van der Waals surface area contributed by atoms with Crippen molar-refractivity contribution in [2.24, 2.45) is 0 Å². The molecular weight excluding hydrogens is 270 g/mol. The molecule has 0 unspecified atom stereocenters. The van der Waals surface area contributed by atoms with E-state index in [2.05, 4.69) is 10.1 Å². The Hall–Kier alpha value is -2.01. The van der Waals surface area contributed by atoms with E-state index in [9.17, 15) is 4.79 Å². The number of rotatable bonds is 4. The Morgan fingerprint density at radius 1 is 1.40 bits per heavy atom. The third-order valence-corrected chi connectivity index (χ3v) is 4.10. The number of nitrogens with zero attached hydrogens (tertiary/aromatic N) is 3. The number of carbonyl (C=O) groups excluding carboxylic acids is 1. The lowest BCUT2D eigenvalue weighted by Crippen LogP contribution is -2.09. The minimum absolute atomic E-state index is 0.0856. The number of thiophene rings is 1. The maximum atomic E-state index is 12.4. The number of hydrogen-bond donors (Lipinski definition) is 0. The summed E-state index contributed by atoms with van der Waals surface area (Å²) in [6.07, 6.45) is 2.03. The Balaban J connectivity index is 1.88. The van der Waals surface area contributed by atoms with Gasteiger partial charge in [0.2, 0.25) is 0 Å². The van der Waals surface area contributed by atoms with Crippen molar-refractivity contribution in [1.82, 2.24) is 14.8 Å². The van der Waals surface area contributed by atoms with Gasteiger partial charge in [-0.2, -0.15) is 5.10 Å². The van der Waals surface area contributed by atoms with Crippen molar-refractivity contribution in [2.75, 3.05) is 0 Å². The van der Waals surface area contributed by atoms with Gasteiger partial charge >= 0.3 is 0 Å². The highest BCUT2D eigenvalue weighted by molar-refractivity contribution is 7.17. The largest absolute Gasteiger partial charge is 0.294 e. The van der Waals surface area contributed by atoms with Gasteiger partial charge in [0.05, 0.1) is 22.3 Å². The molecule has 0 radical (unpaired) electrons. The summed E-state index contributed by atoms with van der Waals surface area (Å²) in [4.78, 5) is 16.7. The molecule has 3 aromatic rings. The number of hydrogen-bond acceptors (Lipinski definition) is 4. The molecule has 4 nitrogen and oxygen atoms in total. The molecule has 5 heteroatoms. The van der Waals surface area contributed by atoms with Crippen LogP contribution in [0.3, 0.4) is 0 Å². The lowest BCUT2D eigenvalue weighted by atomic mass is 10.1. The van der Waals surface area contributed by atoms with E-state index in [4.69, 9.17) is 0 Å². The van der Waals surface area contributed by atoms with Gasteiger partial charge in [-0.25, -0.2) is 0 Å². The Morgan fingerprint density at radius 3 is 3.05 bits per heavy atom. The summed E-state index contributed by atoms with van der Waals surface area (Å²) in [5, 5.41) is 6.36. The second kappa shape index (κ2) is 5.17. The number of fused-ring (bicyclic) bond motifs is 1. The van der Waals surface area contributed by atoms with E-state index in [1.807, 2.05) is 42.1 Å². The van der Waals surface area contributed by atoms with Gasteiger partial charge in [0.25, 0.3) is 0 Å². The average Bonchev–Trinajstić information content (AvgIpc) is 3.03. The van der Waals surface area contributed by atoms with Crippen molar-refractivity contribution in [2.45, 2.75) is 26.8 Å². The number of aromatic nitrogens is 3. The average molecular weight is 285 g/mol. The van der Waals surface area contributed by atoms with E-state index < -0.39 is 0 Å². The van der Waals surface area contributed by atoms with Crippen molar-refractivity contribution >= 4 is 27.3 Å². The highest BCUT2D eigenvalue weighted by Crippen LogP contribution is 2.20. The fourth-order valence-corrected chi connectivity index (χ4v) is 3.06. The molecule has 0 aliphatic heterocycles. The molecule has 0 saturated heterocycles. The monoisotopic (exact) mass is 285 g/mol. The topological polar surface area (TPSA) is 47.8 Å². The molecule has 0 aliphatic rings. The van der Waals surface area contributed by atoms with E-state index in [0.717, 1.165) is 28.1 Å². The standard InChI is InChI=1S/C15H15N3OS/c1-3-18-12(6-10(2)17-18)8-14(19)11-7-15-13(16-9-11)4-5-20-15/h4-7,9H,3,8H2,1-2H3. The van der Waals surface area contributed by atoms with Crippen molar-refractivity contribution < 1.29 is 4.79 Å². The minimum Gasteiger partial charge on any atom is -0.294 e. The zero-order valence-electron chi connectivity index (χ0n) is 11.5. The zero-order chi connectivity index (χ0) is 14.1. The first-order valence-corrected chi connectivity index (χ1v) is 7.45. The molecule has 0 spiro atoms. The van der Waals surface area contributed by atoms with E-state index in [1.165, 1.54) is 0 Å². The summed E-state index contributed by atoms with van der Waals surface area (Å²) < 4.78 is 2.93. The van der Waals surface area contributed by atoms with E-state index in [1.54, 1.807) is 17.5 Å². The smallest absolute Gasteiger partial charge is 0.170 e. The second-order valence-corrected chi connectivity index (χ2v) is 5.67. The zero-order valence-corrected chi connectivity index (χ0v) is 12.3. The molecule has 3 aromatic heterocycles. The molecular formula is C15H15N3OS. The van der Waals surface area contributed by atoms with Gasteiger partial charge in [-0.15, -0.1) is 11.3 Å². The summed E-state index contributed by atoms with van der Waals surface area (Å²) >= 11 is 1.60. The molecule has 0 aromatic carbocycles. The minimum atomic E-state index is 0.0856. The lowest BCUT2D eigenvalue weighted by molar-refractivity contribution is 0.0990. The van der Waals surface area contributed by atoms with Crippen molar-refractivity contribution in [3.05, 3.63) is 46.7 Å². The Bertz CT molecular complexity index is 772. The van der Waals surface area contributed by atoms with Crippen LogP contribution in [0.5, 0.6) is 0 Å². The molecule has 0 aliphatic carbocycles. The highest BCUT2D eigenvalue weighted by Gasteiger charge is 2.13. The van der Waals surface area contributed by atoms with Gasteiger partial charge in [0, 0.05) is 24.0 Å². The van der Waals surface area contributed by atoms with Gasteiger partial charge in [0.1, 0.15) is 0 Å². The number of pyridine rings is 1. The van der Waals surface area contributed by atoms with Crippen LogP contribution >= 0.6 is 11.3 Å². The summed E-state index contributed by atoms with van der Waals surface area (Å²) in [6, 6.07) is 5.86. The molecule has 0 bridgehead atoms. The molecule has 102 valence electrons. The fraction of sp³-hybridized carbons (Fsp3) is 0.267. The predicted molar refractivity (Wildman–Crippen MR) is 80.3 cm³/mol. The van der Waals surface area contributed by atoms with Crippen LogP contribution < -0.4 is 0 Å². The van der Waals surface area contributed by atoms with Gasteiger partial charge < -0.3 is 0 Å². The third kappa shape index (κ3) is 2.36. The van der Waals surface area contributed by atoms with E-state index >= 15 is 0 Å². The molecule has 20 heavy (non-hydrogen) atoms. The van der Waals surface area contributed by atoms with Crippen LogP contribution in [0.4, 0.5) is 0 Å². The van der Waals surface area contributed by atoms with E-state index in [-0.39, 0.29) is 5.78 Å². The van der Waals surface area contributed by atoms with Crippen LogP contribution in [0.15, 0.2) is 29.8 Å². The highest BCUT2D eigenvalue weighted by atomic mass is 32.1. The van der Waals surface area contributed by atoms with Crippen molar-refractivity contribution in [3.63, 3.8) is 0 Å². The first-order chi connectivity index (χ1) is 9.67. The Kier molecular flexibility index (Phi) is 3.36. The molecule has 0 saturated carbocycles. The van der Waals surface area contributed by atoms with Gasteiger partial charge in [-0.05, 0) is 37.4 Å². The van der Waals surface area contributed by atoms with Gasteiger partial charge in [0.15, 0.2) is 5.78 Å². The maximum Gasteiger partial charge on any atom is 0.170 e.